The zero-order valence-corrected chi connectivity index (χ0v) is 14.6. The van der Waals surface area contributed by atoms with Gasteiger partial charge in [-0.25, -0.2) is 9.97 Å². The first-order chi connectivity index (χ1) is 12.7. The van der Waals surface area contributed by atoms with Crippen molar-refractivity contribution in [3.63, 3.8) is 0 Å². The fourth-order valence-corrected chi connectivity index (χ4v) is 3.71. The Bertz CT molecular complexity index is 743. The Morgan fingerprint density at radius 1 is 1.27 bits per heavy atom. The summed E-state index contributed by atoms with van der Waals surface area (Å²) in [6.45, 7) is 2.39. The minimum Gasteiger partial charge on any atom is -0.371 e. The highest BCUT2D eigenvalue weighted by atomic mass is 16.6. The molecular weight excluding hydrogens is 332 g/mol. The van der Waals surface area contributed by atoms with Crippen LogP contribution in [0.3, 0.4) is 0 Å². The fourth-order valence-electron chi connectivity index (χ4n) is 3.71. The van der Waals surface area contributed by atoms with E-state index in [9.17, 15) is 4.79 Å². The third-order valence-corrected chi connectivity index (χ3v) is 4.99. The largest absolute Gasteiger partial charge is 0.371 e. The van der Waals surface area contributed by atoms with Crippen LogP contribution in [-0.4, -0.2) is 57.2 Å². The van der Waals surface area contributed by atoms with Gasteiger partial charge in [0.15, 0.2) is 0 Å². The SMILES string of the molecule is O=C(c1ncccn1)N1CCC[C@]2(C[C@H](OCc3ccncc3)CO2)C1. The van der Waals surface area contributed by atoms with Gasteiger partial charge in [-0.05, 0) is 36.6 Å². The molecule has 2 aliphatic rings. The number of rotatable bonds is 4. The van der Waals surface area contributed by atoms with Gasteiger partial charge >= 0.3 is 0 Å². The van der Waals surface area contributed by atoms with E-state index in [0.29, 0.717) is 26.3 Å². The van der Waals surface area contributed by atoms with E-state index in [0.717, 1.165) is 24.8 Å². The van der Waals surface area contributed by atoms with Gasteiger partial charge in [0.25, 0.3) is 5.91 Å². The summed E-state index contributed by atoms with van der Waals surface area (Å²) in [5.41, 5.74) is 0.786. The lowest BCUT2D eigenvalue weighted by Gasteiger charge is -2.39. The van der Waals surface area contributed by atoms with Crippen molar-refractivity contribution in [3.05, 3.63) is 54.4 Å². The molecule has 26 heavy (non-hydrogen) atoms. The Morgan fingerprint density at radius 3 is 2.88 bits per heavy atom. The summed E-state index contributed by atoms with van der Waals surface area (Å²) in [4.78, 5) is 26.6. The monoisotopic (exact) mass is 354 g/mol. The van der Waals surface area contributed by atoms with Gasteiger partial charge in [0, 0.05) is 37.8 Å². The molecule has 0 bridgehead atoms. The summed E-state index contributed by atoms with van der Waals surface area (Å²) in [5, 5.41) is 0. The first kappa shape index (κ1) is 17.1. The van der Waals surface area contributed by atoms with Gasteiger partial charge in [-0.15, -0.1) is 0 Å². The summed E-state index contributed by atoms with van der Waals surface area (Å²) in [7, 11) is 0. The number of piperidine rings is 1. The molecule has 0 radical (unpaired) electrons. The molecule has 0 saturated carbocycles. The van der Waals surface area contributed by atoms with Crippen molar-refractivity contribution < 1.29 is 14.3 Å². The normalized spacial score (nSPS) is 25.5. The second-order valence-electron chi connectivity index (χ2n) is 6.89. The van der Waals surface area contributed by atoms with Gasteiger partial charge in [-0.2, -0.15) is 0 Å². The van der Waals surface area contributed by atoms with E-state index in [1.54, 1.807) is 30.9 Å². The van der Waals surface area contributed by atoms with Crippen molar-refractivity contribution in [2.75, 3.05) is 19.7 Å². The van der Waals surface area contributed by atoms with Crippen LogP contribution in [0.2, 0.25) is 0 Å². The predicted molar refractivity (Wildman–Crippen MR) is 93.3 cm³/mol. The lowest BCUT2D eigenvalue weighted by Crippen LogP contribution is -2.50. The van der Waals surface area contributed by atoms with Crippen LogP contribution in [-0.2, 0) is 16.1 Å². The van der Waals surface area contributed by atoms with E-state index in [1.807, 2.05) is 17.0 Å². The van der Waals surface area contributed by atoms with Crippen molar-refractivity contribution >= 4 is 5.91 Å². The Labute approximate surface area is 152 Å². The standard InChI is InChI=1S/C19H22N4O3/c24-18(17-21-6-2-7-22-17)23-10-1-5-19(14-23)11-16(13-26-19)25-12-15-3-8-20-9-4-15/h2-4,6-9,16H,1,5,10-14H2/t16-,19-/m0/s1. The Morgan fingerprint density at radius 2 is 2.08 bits per heavy atom. The number of pyridine rings is 1. The van der Waals surface area contributed by atoms with E-state index in [-0.39, 0.29) is 23.4 Å². The summed E-state index contributed by atoms with van der Waals surface area (Å²) >= 11 is 0. The number of carbonyl (C=O) groups is 1. The van der Waals surface area contributed by atoms with E-state index in [1.165, 1.54) is 0 Å². The zero-order chi connectivity index (χ0) is 17.8. The van der Waals surface area contributed by atoms with Crippen molar-refractivity contribution in [2.24, 2.45) is 0 Å². The molecule has 2 saturated heterocycles. The molecule has 0 unspecified atom stereocenters. The van der Waals surface area contributed by atoms with Gasteiger partial charge < -0.3 is 14.4 Å². The van der Waals surface area contributed by atoms with Crippen LogP contribution in [0, 0.1) is 0 Å². The number of carbonyl (C=O) groups excluding carboxylic acids is 1. The Balaban J connectivity index is 1.36. The number of hydrogen-bond donors (Lipinski definition) is 0. The third-order valence-electron chi connectivity index (χ3n) is 4.99. The summed E-state index contributed by atoms with van der Waals surface area (Å²) in [6, 6.07) is 5.61. The molecule has 1 spiro atoms. The van der Waals surface area contributed by atoms with Crippen LogP contribution >= 0.6 is 0 Å². The number of nitrogens with zero attached hydrogens (tertiary/aromatic N) is 4. The van der Waals surface area contributed by atoms with Crippen molar-refractivity contribution in [3.8, 4) is 0 Å². The lowest BCUT2D eigenvalue weighted by molar-refractivity contribution is -0.0468. The average Bonchev–Trinajstić information content (AvgIpc) is 3.09. The predicted octanol–water partition coefficient (Wildman–Crippen LogP) is 1.85. The first-order valence-electron chi connectivity index (χ1n) is 8.95. The number of hydrogen-bond acceptors (Lipinski definition) is 6. The minimum absolute atomic E-state index is 0.0474. The maximum absolute atomic E-state index is 12.6. The van der Waals surface area contributed by atoms with Crippen LogP contribution in [0.25, 0.3) is 0 Å². The highest BCUT2D eigenvalue weighted by Crippen LogP contribution is 2.36. The molecule has 7 heteroatoms. The molecule has 2 aromatic heterocycles. The van der Waals surface area contributed by atoms with Crippen molar-refractivity contribution in [1.82, 2.24) is 19.9 Å². The zero-order valence-electron chi connectivity index (χ0n) is 14.6. The molecule has 2 aliphatic heterocycles. The molecule has 2 atom stereocenters. The lowest BCUT2D eigenvalue weighted by atomic mass is 9.89. The molecular formula is C19H22N4O3. The molecule has 7 nitrogen and oxygen atoms in total. The summed E-state index contributed by atoms with van der Waals surface area (Å²) in [5.74, 6) is 0.113. The number of likely N-dealkylation sites (tertiary alicyclic amines) is 1. The molecule has 0 N–H and O–H groups in total. The second-order valence-corrected chi connectivity index (χ2v) is 6.89. The summed E-state index contributed by atoms with van der Waals surface area (Å²) in [6.07, 6.45) is 9.42. The molecule has 0 aromatic carbocycles. The van der Waals surface area contributed by atoms with Crippen LogP contribution in [0.4, 0.5) is 0 Å². The van der Waals surface area contributed by atoms with E-state index >= 15 is 0 Å². The second kappa shape index (κ2) is 7.47. The van der Waals surface area contributed by atoms with Gasteiger partial charge in [0.05, 0.1) is 31.5 Å². The summed E-state index contributed by atoms with van der Waals surface area (Å²) < 4.78 is 12.1. The molecule has 4 heterocycles. The van der Waals surface area contributed by atoms with E-state index < -0.39 is 0 Å². The van der Waals surface area contributed by atoms with Gasteiger partial charge in [0.2, 0.25) is 5.82 Å². The van der Waals surface area contributed by atoms with E-state index in [4.69, 9.17) is 9.47 Å². The fraction of sp³-hybridized carbons (Fsp3) is 0.474. The Kier molecular flexibility index (Phi) is 4.90. The van der Waals surface area contributed by atoms with Crippen LogP contribution in [0.5, 0.6) is 0 Å². The quantitative estimate of drug-likeness (QED) is 0.834. The van der Waals surface area contributed by atoms with Gasteiger partial charge in [-0.3, -0.25) is 9.78 Å². The number of amides is 1. The average molecular weight is 354 g/mol. The van der Waals surface area contributed by atoms with Gasteiger partial charge in [-0.1, -0.05) is 0 Å². The van der Waals surface area contributed by atoms with Crippen LogP contribution < -0.4 is 0 Å². The molecule has 2 fully saturated rings. The van der Waals surface area contributed by atoms with Crippen LogP contribution in [0.15, 0.2) is 43.0 Å². The Hall–Kier alpha value is -2.38. The minimum atomic E-state index is -0.314. The first-order valence-corrected chi connectivity index (χ1v) is 8.95. The molecule has 2 aromatic rings. The smallest absolute Gasteiger partial charge is 0.291 e. The third kappa shape index (κ3) is 3.73. The van der Waals surface area contributed by atoms with Crippen molar-refractivity contribution in [1.29, 1.82) is 0 Å². The highest BCUT2D eigenvalue weighted by molar-refractivity contribution is 5.90. The number of aromatic nitrogens is 3. The molecule has 136 valence electrons. The molecule has 0 aliphatic carbocycles. The topological polar surface area (TPSA) is 77.4 Å². The molecule has 1 amide bonds. The highest BCUT2D eigenvalue weighted by Gasteiger charge is 2.45. The number of ether oxygens (including phenoxy) is 2. The van der Waals surface area contributed by atoms with Crippen molar-refractivity contribution in [2.45, 2.75) is 37.6 Å². The maximum Gasteiger partial charge on any atom is 0.291 e. The van der Waals surface area contributed by atoms with E-state index in [2.05, 4.69) is 15.0 Å². The maximum atomic E-state index is 12.6. The molecule has 4 rings (SSSR count). The van der Waals surface area contributed by atoms with Gasteiger partial charge in [0.1, 0.15) is 0 Å². The van der Waals surface area contributed by atoms with Crippen LogP contribution in [0.1, 0.15) is 35.4 Å².